The maximum Gasteiger partial charge on any atom is 0 e. The van der Waals surface area contributed by atoms with Crippen molar-refractivity contribution < 1.29 is 25.8 Å². The van der Waals surface area contributed by atoms with Gasteiger partial charge in [0.1, 0.15) is 0 Å². The molecule has 5 rings (SSSR count). The molecule has 0 heterocycles. The van der Waals surface area contributed by atoms with Crippen LogP contribution in [0, 0.1) is 11.5 Å². The summed E-state index contributed by atoms with van der Waals surface area (Å²) in [5.41, 5.74) is 4.39. The molecule has 4 aromatic carbocycles. The van der Waals surface area contributed by atoms with E-state index < -0.39 is 7.92 Å². The smallest absolute Gasteiger partial charge is 0 e. The zero-order chi connectivity index (χ0) is 22.7. The number of rotatable bonds is 3. The van der Waals surface area contributed by atoms with Gasteiger partial charge in [-0.25, -0.2) is 5.57 Å². The summed E-state index contributed by atoms with van der Waals surface area (Å²) in [6, 6.07) is 35.0. The molecule has 0 aliphatic heterocycles. The van der Waals surface area contributed by atoms with E-state index in [0.29, 0.717) is 0 Å². The Bertz CT molecular complexity index is 1190. The number of benzene rings is 3. The van der Waals surface area contributed by atoms with Gasteiger partial charge >= 0.3 is 0 Å². The fourth-order valence-corrected chi connectivity index (χ4v) is 6.64. The summed E-state index contributed by atoms with van der Waals surface area (Å²) in [5, 5.41) is 6.89. The van der Waals surface area contributed by atoms with E-state index >= 15 is 0 Å². The van der Waals surface area contributed by atoms with Crippen LogP contribution in [0.1, 0.15) is 34.6 Å². The van der Waals surface area contributed by atoms with E-state index in [2.05, 4.69) is 138 Å². The van der Waals surface area contributed by atoms with E-state index in [1.54, 1.807) is 0 Å². The topological polar surface area (TPSA) is 0 Å². The number of hydrogen-bond donors (Lipinski definition) is 0. The molecule has 0 saturated heterocycles. The third kappa shape index (κ3) is 5.76. The molecule has 166 valence electrons. The average Bonchev–Trinajstić information content (AvgIpc) is 3.30. The van der Waals surface area contributed by atoms with Crippen LogP contribution in [0.3, 0.4) is 0 Å². The van der Waals surface area contributed by atoms with E-state index in [0.717, 1.165) is 0 Å². The maximum atomic E-state index is 3.44. The molecule has 0 unspecified atom stereocenters. The predicted molar refractivity (Wildman–Crippen MR) is 143 cm³/mol. The van der Waals surface area contributed by atoms with Crippen molar-refractivity contribution in [3.63, 3.8) is 0 Å². The van der Waals surface area contributed by atoms with Crippen molar-refractivity contribution in [1.82, 2.24) is 0 Å². The predicted octanol–water partition coefficient (Wildman–Crippen LogP) is 7.43. The number of fused-ring (bicyclic) bond motifs is 1. The quantitative estimate of drug-likeness (QED) is 0.128. The molecular weight excluding hydrogens is 582 g/mol. The Morgan fingerprint density at radius 2 is 1.24 bits per heavy atom. The van der Waals surface area contributed by atoms with Crippen molar-refractivity contribution in [2.75, 3.05) is 0 Å². The van der Waals surface area contributed by atoms with Crippen molar-refractivity contribution in [1.29, 1.82) is 0 Å². The van der Waals surface area contributed by atoms with E-state index in [1.165, 1.54) is 43.4 Å². The van der Waals surface area contributed by atoms with Gasteiger partial charge in [0.25, 0.3) is 0 Å². The van der Waals surface area contributed by atoms with Crippen molar-refractivity contribution in [2.45, 2.75) is 34.6 Å². The summed E-state index contributed by atoms with van der Waals surface area (Å²) in [6.07, 6.45) is 3.44. The molecular formula is C31H31HfP-2. The van der Waals surface area contributed by atoms with Crippen LogP contribution in [0.2, 0.25) is 0 Å². The summed E-state index contributed by atoms with van der Waals surface area (Å²) >= 11 is 0. The van der Waals surface area contributed by atoms with Crippen LogP contribution in [0.25, 0.3) is 10.8 Å². The van der Waals surface area contributed by atoms with Crippen LogP contribution >= 0.6 is 7.92 Å². The molecule has 33 heavy (non-hydrogen) atoms. The van der Waals surface area contributed by atoms with Crippen LogP contribution in [0.4, 0.5) is 0 Å². The Morgan fingerprint density at radius 1 is 0.727 bits per heavy atom. The van der Waals surface area contributed by atoms with E-state index in [9.17, 15) is 0 Å². The van der Waals surface area contributed by atoms with Gasteiger partial charge < -0.3 is 0 Å². The Balaban J connectivity index is 0.000000237. The molecule has 0 aromatic heterocycles. The Labute approximate surface area is 219 Å². The van der Waals surface area contributed by atoms with E-state index in [-0.39, 0.29) is 31.3 Å². The molecule has 0 fully saturated rings. The van der Waals surface area contributed by atoms with Crippen LogP contribution < -0.4 is 15.9 Å². The molecule has 0 amide bonds. The van der Waals surface area contributed by atoms with Crippen molar-refractivity contribution >= 4 is 34.6 Å². The van der Waals surface area contributed by atoms with Gasteiger partial charge in [-0.2, -0.15) is 17.2 Å². The summed E-state index contributed by atoms with van der Waals surface area (Å²) in [7, 11) is -0.493. The second kappa shape index (κ2) is 11.0. The van der Waals surface area contributed by atoms with E-state index in [1.807, 2.05) is 0 Å². The first-order valence-electron chi connectivity index (χ1n) is 11.2. The summed E-state index contributed by atoms with van der Waals surface area (Å²) in [6.45, 7) is 10.9. The fraction of sp³-hybridized carbons (Fsp3) is 0.194. The standard InChI is InChI=1S/C21H16P.C10H15.Hf/c1-3-11-19(12-4-1)22(20-13-5-2-6-14-20)21-15-17-9-7-8-10-18(17)16-21;1-7-6-10(4,5)9(3)8(7)2;/h1-16H;1-5H3;/q2*-1;. The average molecular weight is 613 g/mol. The fourth-order valence-electron chi connectivity index (χ4n) is 4.27. The van der Waals surface area contributed by atoms with Crippen LogP contribution in [-0.2, 0) is 25.8 Å². The van der Waals surface area contributed by atoms with Crippen LogP contribution in [0.5, 0.6) is 0 Å². The number of hydrogen-bond acceptors (Lipinski definition) is 0. The Hall–Kier alpha value is -1.95. The zero-order valence-corrected chi connectivity index (χ0v) is 24.7. The van der Waals surface area contributed by atoms with Gasteiger partial charge in [-0.15, -0.1) is 47.3 Å². The monoisotopic (exact) mass is 614 g/mol. The zero-order valence-electron chi connectivity index (χ0n) is 20.2. The first-order valence-corrected chi connectivity index (χ1v) is 12.6. The third-order valence-electron chi connectivity index (χ3n) is 6.45. The summed E-state index contributed by atoms with van der Waals surface area (Å²) in [4.78, 5) is 0. The summed E-state index contributed by atoms with van der Waals surface area (Å²) in [5.74, 6) is 0. The first-order chi connectivity index (χ1) is 15.4. The molecule has 0 spiro atoms. The molecule has 0 nitrogen and oxygen atoms in total. The van der Waals surface area contributed by atoms with E-state index in [4.69, 9.17) is 0 Å². The van der Waals surface area contributed by atoms with Gasteiger partial charge in [-0.05, 0) is 18.5 Å². The molecule has 1 aliphatic rings. The van der Waals surface area contributed by atoms with Gasteiger partial charge in [0.15, 0.2) is 0 Å². The Morgan fingerprint density at radius 3 is 1.67 bits per heavy atom. The van der Waals surface area contributed by atoms with Gasteiger partial charge in [0, 0.05) is 25.8 Å². The van der Waals surface area contributed by atoms with Crippen molar-refractivity contribution in [2.24, 2.45) is 5.41 Å². The summed E-state index contributed by atoms with van der Waals surface area (Å²) < 4.78 is 0. The van der Waals surface area contributed by atoms with Gasteiger partial charge in [-0.3, -0.25) is 6.08 Å². The SMILES string of the molecule is CC1=[C-]C(C)(C)C(C)=C1C.[Hf].c1ccc(P(c2ccccc2)c2cc3ccccc3[cH-]2)cc1. The molecule has 0 N–H and O–H groups in total. The van der Waals surface area contributed by atoms with Crippen LogP contribution in [-0.4, -0.2) is 0 Å². The molecule has 4 aromatic rings. The maximum absolute atomic E-state index is 3.44. The molecule has 0 radical (unpaired) electrons. The molecule has 1 aliphatic carbocycles. The van der Waals surface area contributed by atoms with Gasteiger partial charge in [0.05, 0.1) is 0 Å². The molecule has 0 atom stereocenters. The number of allylic oxidation sites excluding steroid dienone is 4. The third-order valence-corrected chi connectivity index (χ3v) is 8.86. The normalized spacial score (nSPS) is 14.5. The molecule has 2 heteroatoms. The minimum Gasteiger partial charge on any atom is -0.263 e. The largest absolute Gasteiger partial charge is 0.263 e. The minimum atomic E-state index is -0.493. The van der Waals surface area contributed by atoms with Crippen LogP contribution in [0.15, 0.2) is 114 Å². The second-order valence-corrected chi connectivity index (χ2v) is 11.2. The first kappa shape index (κ1) is 25.7. The van der Waals surface area contributed by atoms with Crippen molar-refractivity contribution in [3.05, 3.63) is 120 Å². The Kier molecular flexibility index (Phi) is 8.54. The second-order valence-electron chi connectivity index (χ2n) is 8.97. The van der Waals surface area contributed by atoms with Gasteiger partial charge in [0.2, 0.25) is 0 Å². The molecule has 0 bridgehead atoms. The minimum absolute atomic E-state index is 0. The van der Waals surface area contributed by atoms with Crippen molar-refractivity contribution in [3.8, 4) is 0 Å². The van der Waals surface area contributed by atoms with Gasteiger partial charge in [-0.1, -0.05) is 99.8 Å². The molecule has 0 saturated carbocycles.